The molecule has 31 heavy (non-hydrogen) atoms. The van der Waals surface area contributed by atoms with Gasteiger partial charge in [-0.15, -0.1) is 11.8 Å². The predicted molar refractivity (Wildman–Crippen MR) is 126 cm³/mol. The van der Waals surface area contributed by atoms with Crippen LogP contribution in [0, 0.1) is 0 Å². The second-order valence-corrected chi connectivity index (χ2v) is 7.73. The first kappa shape index (κ1) is 20.8. The Labute approximate surface area is 184 Å². The second kappa shape index (κ2) is 9.10. The van der Waals surface area contributed by atoms with Crippen LogP contribution in [-0.2, 0) is 4.74 Å². The molecule has 0 aliphatic heterocycles. The molecule has 0 saturated carbocycles. The van der Waals surface area contributed by atoms with Gasteiger partial charge in [0.05, 0.1) is 29.1 Å². The van der Waals surface area contributed by atoms with E-state index in [4.69, 9.17) is 9.73 Å². The number of rotatable bonds is 6. The van der Waals surface area contributed by atoms with Crippen LogP contribution in [0.15, 0.2) is 82.7 Å². The molecule has 3 aromatic carbocycles. The Morgan fingerprint density at radius 2 is 1.77 bits per heavy atom. The minimum atomic E-state index is -0.397. The van der Waals surface area contributed by atoms with Gasteiger partial charge in [-0.3, -0.25) is 0 Å². The third-order valence-electron chi connectivity index (χ3n) is 4.89. The van der Waals surface area contributed by atoms with Crippen molar-refractivity contribution in [3.63, 3.8) is 0 Å². The first-order valence-electron chi connectivity index (χ1n) is 9.91. The lowest BCUT2D eigenvalue weighted by molar-refractivity contribution is 0.0526. The topological polar surface area (TPSA) is 74.7 Å². The highest BCUT2D eigenvalue weighted by Gasteiger charge is 2.20. The molecule has 4 rings (SSSR count). The Hall–Kier alpha value is -3.51. The van der Waals surface area contributed by atoms with Gasteiger partial charge in [0.25, 0.3) is 0 Å². The van der Waals surface area contributed by atoms with Crippen LogP contribution < -0.4 is 0 Å². The van der Waals surface area contributed by atoms with Gasteiger partial charge >= 0.3 is 5.97 Å². The van der Waals surface area contributed by atoms with Gasteiger partial charge in [-0.25, -0.2) is 9.79 Å². The van der Waals surface area contributed by atoms with E-state index in [1.807, 2.05) is 66.9 Å². The van der Waals surface area contributed by atoms with Gasteiger partial charge in [0, 0.05) is 21.4 Å². The summed E-state index contributed by atoms with van der Waals surface area (Å²) in [5.41, 5.74) is 3.96. The number of benzene rings is 3. The van der Waals surface area contributed by atoms with E-state index in [-0.39, 0.29) is 5.88 Å². The maximum atomic E-state index is 12.1. The zero-order chi connectivity index (χ0) is 21.8. The summed E-state index contributed by atoms with van der Waals surface area (Å²) in [6.07, 6.45) is 2.03. The van der Waals surface area contributed by atoms with Crippen molar-refractivity contribution >= 4 is 40.0 Å². The molecule has 0 aliphatic rings. The Morgan fingerprint density at radius 1 is 1.03 bits per heavy atom. The van der Waals surface area contributed by atoms with Crippen molar-refractivity contribution in [2.45, 2.75) is 11.8 Å². The molecule has 1 heterocycles. The average molecular weight is 431 g/mol. The normalized spacial score (nSPS) is 11.6. The molecule has 0 fully saturated rings. The van der Waals surface area contributed by atoms with Gasteiger partial charge < -0.3 is 14.8 Å². The van der Waals surface area contributed by atoms with E-state index in [9.17, 15) is 9.90 Å². The van der Waals surface area contributed by atoms with Crippen LogP contribution >= 0.6 is 11.8 Å². The third-order valence-corrected chi connectivity index (χ3v) is 5.63. The molecule has 6 heteroatoms. The number of aliphatic imine (C=N–C) groups is 1. The number of esters is 1. The van der Waals surface area contributed by atoms with Gasteiger partial charge in [0.1, 0.15) is 0 Å². The number of aromatic nitrogens is 1. The second-order valence-electron chi connectivity index (χ2n) is 6.85. The van der Waals surface area contributed by atoms with E-state index < -0.39 is 5.97 Å². The van der Waals surface area contributed by atoms with Crippen LogP contribution in [0.2, 0.25) is 0 Å². The fourth-order valence-corrected chi connectivity index (χ4v) is 3.82. The minimum Gasteiger partial charge on any atom is -0.494 e. The van der Waals surface area contributed by atoms with Crippen molar-refractivity contribution < 1.29 is 14.6 Å². The van der Waals surface area contributed by atoms with Gasteiger partial charge in [-0.2, -0.15) is 0 Å². The number of ether oxygens (including phenoxy) is 1. The monoisotopic (exact) mass is 430 g/mol. The Kier molecular flexibility index (Phi) is 6.09. The Bertz CT molecular complexity index is 1250. The van der Waals surface area contributed by atoms with E-state index >= 15 is 0 Å². The third kappa shape index (κ3) is 4.34. The molecule has 0 atom stereocenters. The molecule has 0 radical (unpaired) electrons. The van der Waals surface area contributed by atoms with Crippen molar-refractivity contribution in [1.82, 2.24) is 4.98 Å². The first-order valence-corrected chi connectivity index (χ1v) is 11.1. The van der Waals surface area contributed by atoms with Crippen molar-refractivity contribution in [1.29, 1.82) is 0 Å². The molecule has 0 aliphatic carbocycles. The van der Waals surface area contributed by atoms with E-state index in [1.54, 1.807) is 30.8 Å². The highest BCUT2D eigenvalue weighted by atomic mass is 32.2. The summed E-state index contributed by atoms with van der Waals surface area (Å²) in [5, 5.41) is 11.6. The molecule has 2 N–H and O–H groups in total. The molecule has 0 amide bonds. The lowest BCUT2D eigenvalue weighted by Crippen LogP contribution is -2.05. The number of aromatic amines is 1. The number of nitrogens with zero attached hydrogens (tertiary/aromatic N) is 1. The van der Waals surface area contributed by atoms with Crippen molar-refractivity contribution in [2.75, 3.05) is 12.9 Å². The molecule has 0 spiro atoms. The Balaban J connectivity index is 1.87. The van der Waals surface area contributed by atoms with Crippen molar-refractivity contribution in [2.24, 2.45) is 4.99 Å². The number of H-pyrrole nitrogens is 1. The van der Waals surface area contributed by atoms with Crippen LogP contribution in [0.4, 0.5) is 5.69 Å². The molecular weight excluding hydrogens is 408 g/mol. The summed E-state index contributed by atoms with van der Waals surface area (Å²) in [6.45, 7) is 2.07. The van der Waals surface area contributed by atoms with Gasteiger partial charge in [-0.1, -0.05) is 36.4 Å². The molecule has 0 saturated heterocycles. The summed E-state index contributed by atoms with van der Waals surface area (Å²) in [7, 11) is 0. The lowest BCUT2D eigenvalue weighted by atomic mass is 10.00. The van der Waals surface area contributed by atoms with E-state index in [2.05, 4.69) is 4.98 Å². The van der Waals surface area contributed by atoms with E-state index in [0.717, 1.165) is 21.5 Å². The number of nitrogens with one attached hydrogen (secondary N) is 1. The molecule has 1 aromatic heterocycles. The highest BCUT2D eigenvalue weighted by Crippen LogP contribution is 2.32. The number of carbonyl (C=O) groups excluding carboxylic acids is 1. The van der Waals surface area contributed by atoms with Gasteiger partial charge in [0.2, 0.25) is 0 Å². The smallest absolute Gasteiger partial charge is 0.338 e. The van der Waals surface area contributed by atoms with Gasteiger partial charge in [-0.05, 0) is 49.6 Å². The number of fused-ring (bicyclic) bond motifs is 1. The summed E-state index contributed by atoms with van der Waals surface area (Å²) in [4.78, 5) is 21.1. The number of carbonyl (C=O) groups is 1. The first-order chi connectivity index (χ1) is 15.1. The lowest BCUT2D eigenvalue weighted by Gasteiger charge is -2.08. The SMILES string of the molecule is CCOC(=O)c1ccc2c(C(=Nc3ccc(SC)cc3)c3ccccc3)c(O)[nH]c2c1. The van der Waals surface area contributed by atoms with E-state index in [1.165, 1.54) is 0 Å². The predicted octanol–water partition coefficient (Wildman–Crippen LogP) is 5.94. The Morgan fingerprint density at radius 3 is 2.45 bits per heavy atom. The van der Waals surface area contributed by atoms with Gasteiger partial charge in [0.15, 0.2) is 5.88 Å². The van der Waals surface area contributed by atoms with Crippen LogP contribution in [0.1, 0.15) is 28.4 Å². The summed E-state index contributed by atoms with van der Waals surface area (Å²) in [5.74, 6) is -0.398. The summed E-state index contributed by atoms with van der Waals surface area (Å²) >= 11 is 1.67. The zero-order valence-corrected chi connectivity index (χ0v) is 18.1. The van der Waals surface area contributed by atoms with Crippen LogP contribution in [0.5, 0.6) is 5.88 Å². The fraction of sp³-hybridized carbons (Fsp3) is 0.120. The standard InChI is InChI=1S/C25H22N2O3S/c1-3-30-25(29)17-9-14-20-21(15-17)27-24(28)22(20)23(16-7-5-4-6-8-16)26-18-10-12-19(31-2)13-11-18/h4-15,27-28H,3H2,1-2H3. The largest absolute Gasteiger partial charge is 0.494 e. The highest BCUT2D eigenvalue weighted by molar-refractivity contribution is 7.98. The van der Waals surface area contributed by atoms with Crippen LogP contribution in [-0.4, -0.2) is 34.6 Å². The van der Waals surface area contributed by atoms with Crippen LogP contribution in [0.3, 0.4) is 0 Å². The number of aromatic hydroxyl groups is 1. The van der Waals surface area contributed by atoms with Crippen molar-refractivity contribution in [3.8, 4) is 5.88 Å². The maximum Gasteiger partial charge on any atom is 0.338 e. The average Bonchev–Trinajstić information content (AvgIpc) is 3.13. The summed E-state index contributed by atoms with van der Waals surface area (Å²) in [6, 6.07) is 22.9. The molecule has 0 bridgehead atoms. The van der Waals surface area contributed by atoms with Crippen LogP contribution in [0.25, 0.3) is 10.9 Å². The molecular formula is C25H22N2O3S. The molecule has 0 unspecified atom stereocenters. The molecule has 156 valence electrons. The zero-order valence-electron chi connectivity index (χ0n) is 17.3. The molecule has 4 aromatic rings. The van der Waals surface area contributed by atoms with E-state index in [0.29, 0.717) is 29.0 Å². The number of hydrogen-bond acceptors (Lipinski definition) is 5. The minimum absolute atomic E-state index is 0.000606. The number of thioether (sulfide) groups is 1. The summed E-state index contributed by atoms with van der Waals surface area (Å²) < 4.78 is 5.09. The van der Waals surface area contributed by atoms with Crippen molar-refractivity contribution in [3.05, 3.63) is 89.5 Å². The maximum absolute atomic E-state index is 12.1. The quantitative estimate of drug-likeness (QED) is 0.225. The molecule has 5 nitrogen and oxygen atoms in total. The number of hydrogen-bond donors (Lipinski definition) is 2. The fourth-order valence-electron chi connectivity index (χ4n) is 3.41.